The van der Waals surface area contributed by atoms with Gasteiger partial charge in [0.05, 0.1) is 5.56 Å². The van der Waals surface area contributed by atoms with Gasteiger partial charge in [0.1, 0.15) is 0 Å². The third-order valence-electron chi connectivity index (χ3n) is 2.30. The first-order valence-electron chi connectivity index (χ1n) is 6.12. The molecule has 0 saturated carbocycles. The lowest BCUT2D eigenvalue weighted by molar-refractivity contribution is -0.168. The molecule has 0 fully saturated rings. The Morgan fingerprint density at radius 2 is 1.78 bits per heavy atom. The van der Waals surface area contributed by atoms with Gasteiger partial charge in [0.25, 0.3) is 0 Å². The van der Waals surface area contributed by atoms with Gasteiger partial charge in [-0.2, -0.15) is 0 Å². The van der Waals surface area contributed by atoms with Gasteiger partial charge in [-0.25, -0.2) is 4.79 Å². The lowest BCUT2D eigenvalue weighted by Crippen LogP contribution is -2.23. The normalized spacial score (nSPS) is 11.7. The van der Waals surface area contributed by atoms with Crippen LogP contribution in [0.25, 0.3) is 0 Å². The van der Waals surface area contributed by atoms with Crippen LogP contribution in [0.4, 0.5) is 0 Å². The first-order chi connectivity index (χ1) is 8.67. The van der Waals surface area contributed by atoms with Crippen LogP contribution in [0.1, 0.15) is 43.5 Å². The van der Waals surface area contributed by atoms with Crippen LogP contribution < -0.4 is 0 Å². The van der Waals surface area contributed by atoms with Crippen LogP contribution in [0.15, 0.2) is 30.3 Å². The Balaban J connectivity index is 2.53. The molecule has 1 aromatic rings. The monoisotopic (exact) mass is 250 g/mol. The van der Waals surface area contributed by atoms with Gasteiger partial charge in [-0.05, 0) is 18.6 Å². The molecule has 0 aliphatic heterocycles. The maximum Gasteiger partial charge on any atom is 0.341 e. The van der Waals surface area contributed by atoms with Gasteiger partial charge in [0.15, 0.2) is 0 Å². The molecule has 0 aliphatic rings. The van der Waals surface area contributed by atoms with Crippen molar-refractivity contribution in [2.45, 2.75) is 39.4 Å². The van der Waals surface area contributed by atoms with Crippen molar-refractivity contribution in [2.75, 3.05) is 0 Å². The number of carbonyl (C=O) groups excluding carboxylic acids is 2. The molecule has 0 aliphatic carbocycles. The van der Waals surface area contributed by atoms with Gasteiger partial charge in [-0.3, -0.25) is 4.79 Å². The minimum Gasteiger partial charge on any atom is -0.425 e. The van der Waals surface area contributed by atoms with Crippen LogP contribution in [0, 0.1) is 0 Å². The van der Waals surface area contributed by atoms with Crippen molar-refractivity contribution in [1.29, 1.82) is 0 Å². The van der Waals surface area contributed by atoms with E-state index < -0.39 is 12.3 Å². The SMILES string of the molecule is CCCC(=O)OC(CC)OC(=O)c1ccccc1. The minimum atomic E-state index is -0.809. The Bertz CT molecular complexity index is 386. The molecular weight excluding hydrogens is 232 g/mol. The highest BCUT2D eigenvalue weighted by molar-refractivity contribution is 5.89. The molecule has 0 spiro atoms. The number of benzene rings is 1. The molecule has 0 radical (unpaired) electrons. The second kappa shape index (κ2) is 7.48. The van der Waals surface area contributed by atoms with E-state index >= 15 is 0 Å². The number of rotatable bonds is 6. The molecule has 1 unspecified atom stereocenters. The summed E-state index contributed by atoms with van der Waals surface area (Å²) in [7, 11) is 0. The smallest absolute Gasteiger partial charge is 0.341 e. The van der Waals surface area contributed by atoms with E-state index in [0.717, 1.165) is 0 Å². The van der Waals surface area contributed by atoms with E-state index in [1.807, 2.05) is 13.0 Å². The molecule has 1 rings (SSSR count). The first-order valence-corrected chi connectivity index (χ1v) is 6.12. The lowest BCUT2D eigenvalue weighted by atomic mass is 10.2. The number of esters is 2. The molecule has 0 aromatic heterocycles. The number of carbonyl (C=O) groups is 2. The van der Waals surface area contributed by atoms with E-state index in [-0.39, 0.29) is 5.97 Å². The van der Waals surface area contributed by atoms with Gasteiger partial charge >= 0.3 is 11.9 Å². The molecule has 0 saturated heterocycles. The zero-order valence-electron chi connectivity index (χ0n) is 10.7. The number of hydrogen-bond acceptors (Lipinski definition) is 4. The maximum absolute atomic E-state index is 11.7. The van der Waals surface area contributed by atoms with Gasteiger partial charge in [-0.1, -0.05) is 32.0 Å². The molecule has 18 heavy (non-hydrogen) atoms. The van der Waals surface area contributed by atoms with E-state index in [0.29, 0.717) is 24.8 Å². The second-order valence-corrected chi connectivity index (χ2v) is 3.85. The van der Waals surface area contributed by atoms with Crippen LogP contribution in [0.2, 0.25) is 0 Å². The minimum absolute atomic E-state index is 0.333. The number of ether oxygens (including phenoxy) is 2. The summed E-state index contributed by atoms with van der Waals surface area (Å²) in [4.78, 5) is 23.1. The van der Waals surface area contributed by atoms with Crippen molar-refractivity contribution >= 4 is 11.9 Å². The Hall–Kier alpha value is -1.84. The van der Waals surface area contributed by atoms with Crippen molar-refractivity contribution < 1.29 is 19.1 Å². The van der Waals surface area contributed by atoms with Crippen molar-refractivity contribution in [3.05, 3.63) is 35.9 Å². The van der Waals surface area contributed by atoms with Crippen molar-refractivity contribution in [1.82, 2.24) is 0 Å². The zero-order valence-corrected chi connectivity index (χ0v) is 10.7. The third-order valence-corrected chi connectivity index (χ3v) is 2.30. The summed E-state index contributed by atoms with van der Waals surface area (Å²) < 4.78 is 10.2. The standard InChI is InChI=1S/C14H18O4/c1-3-8-12(15)17-13(4-2)18-14(16)11-9-6-5-7-10-11/h5-7,9-10,13H,3-4,8H2,1-2H3. The molecule has 1 atom stereocenters. The predicted octanol–water partition coefficient (Wildman–Crippen LogP) is 2.92. The molecule has 98 valence electrons. The zero-order chi connectivity index (χ0) is 13.4. The van der Waals surface area contributed by atoms with Crippen LogP contribution in [0.3, 0.4) is 0 Å². The van der Waals surface area contributed by atoms with Crippen LogP contribution in [-0.2, 0) is 14.3 Å². The summed E-state index contributed by atoms with van der Waals surface area (Å²) in [6, 6.07) is 8.63. The van der Waals surface area contributed by atoms with E-state index in [9.17, 15) is 9.59 Å². The Kier molecular flexibility index (Phi) is 5.91. The summed E-state index contributed by atoms with van der Waals surface area (Å²) in [5.41, 5.74) is 0.447. The largest absolute Gasteiger partial charge is 0.425 e. The molecule has 4 heteroatoms. The van der Waals surface area contributed by atoms with Gasteiger partial charge < -0.3 is 9.47 Å². The lowest BCUT2D eigenvalue weighted by Gasteiger charge is -2.16. The third kappa shape index (κ3) is 4.57. The van der Waals surface area contributed by atoms with E-state index in [2.05, 4.69) is 0 Å². The fourth-order valence-electron chi connectivity index (χ4n) is 1.36. The maximum atomic E-state index is 11.7. The van der Waals surface area contributed by atoms with Crippen molar-refractivity contribution in [2.24, 2.45) is 0 Å². The highest BCUT2D eigenvalue weighted by Crippen LogP contribution is 2.08. The summed E-state index contributed by atoms with van der Waals surface area (Å²) in [6.07, 6.45) is 0.673. The molecule has 0 bridgehead atoms. The van der Waals surface area contributed by atoms with E-state index in [1.54, 1.807) is 31.2 Å². The molecular formula is C14H18O4. The molecule has 0 amide bonds. The Morgan fingerprint density at radius 3 is 2.33 bits per heavy atom. The van der Waals surface area contributed by atoms with E-state index in [4.69, 9.17) is 9.47 Å². The average Bonchev–Trinajstić information content (AvgIpc) is 2.39. The quantitative estimate of drug-likeness (QED) is 0.575. The highest BCUT2D eigenvalue weighted by atomic mass is 16.7. The fraction of sp³-hybridized carbons (Fsp3) is 0.429. The topological polar surface area (TPSA) is 52.6 Å². The summed E-state index contributed by atoms with van der Waals surface area (Å²) in [5, 5.41) is 0. The summed E-state index contributed by atoms with van der Waals surface area (Å²) >= 11 is 0. The summed E-state index contributed by atoms with van der Waals surface area (Å²) in [5.74, 6) is -0.822. The van der Waals surface area contributed by atoms with Crippen LogP contribution >= 0.6 is 0 Å². The van der Waals surface area contributed by atoms with Gasteiger partial charge in [0, 0.05) is 12.8 Å². The average molecular weight is 250 g/mol. The predicted molar refractivity (Wildman–Crippen MR) is 66.9 cm³/mol. The van der Waals surface area contributed by atoms with E-state index in [1.165, 1.54) is 0 Å². The van der Waals surface area contributed by atoms with Gasteiger partial charge in [0.2, 0.25) is 6.29 Å². The van der Waals surface area contributed by atoms with Crippen molar-refractivity contribution in [3.8, 4) is 0 Å². The van der Waals surface area contributed by atoms with Gasteiger partial charge in [-0.15, -0.1) is 0 Å². The first kappa shape index (κ1) is 14.2. The molecule has 0 heterocycles. The number of hydrogen-bond donors (Lipinski definition) is 0. The highest BCUT2D eigenvalue weighted by Gasteiger charge is 2.17. The molecule has 1 aromatic carbocycles. The van der Waals surface area contributed by atoms with Crippen LogP contribution in [0.5, 0.6) is 0 Å². The second-order valence-electron chi connectivity index (χ2n) is 3.85. The Morgan fingerprint density at radius 1 is 1.11 bits per heavy atom. The fourth-order valence-corrected chi connectivity index (χ4v) is 1.36. The van der Waals surface area contributed by atoms with Crippen LogP contribution in [-0.4, -0.2) is 18.2 Å². The Labute approximate surface area is 107 Å². The molecule has 4 nitrogen and oxygen atoms in total. The van der Waals surface area contributed by atoms with Crippen molar-refractivity contribution in [3.63, 3.8) is 0 Å². The molecule has 0 N–H and O–H groups in total. The summed E-state index contributed by atoms with van der Waals surface area (Å²) in [6.45, 7) is 3.68.